The molecule has 0 atom stereocenters. The first-order valence-corrected chi connectivity index (χ1v) is 8.53. The summed E-state index contributed by atoms with van der Waals surface area (Å²) in [6.45, 7) is -0.533. The summed E-state index contributed by atoms with van der Waals surface area (Å²) in [5.41, 5.74) is 0. The smallest absolute Gasteiger partial charge is 0.329 e. The van der Waals surface area contributed by atoms with Gasteiger partial charge in [-0.25, -0.2) is 13.6 Å². The maximum atomic E-state index is 13.2. The predicted molar refractivity (Wildman–Crippen MR) is 72.8 cm³/mol. The quantitative estimate of drug-likeness (QED) is 0.754. The molecule has 0 radical (unpaired) electrons. The van der Waals surface area contributed by atoms with E-state index < -0.39 is 35.1 Å². The van der Waals surface area contributed by atoms with Gasteiger partial charge in [0.15, 0.2) is 0 Å². The van der Waals surface area contributed by atoms with E-state index in [9.17, 15) is 22.0 Å². The Labute approximate surface area is 128 Å². The van der Waals surface area contributed by atoms with Gasteiger partial charge in [-0.3, -0.25) is 0 Å². The van der Waals surface area contributed by atoms with E-state index in [2.05, 4.69) is 0 Å². The molecular weight excluding hydrogens is 322 g/mol. The number of piperidine rings is 1. The number of halogens is 2. The van der Waals surface area contributed by atoms with Crippen molar-refractivity contribution in [3.8, 4) is 0 Å². The van der Waals surface area contributed by atoms with Crippen molar-refractivity contribution in [1.29, 1.82) is 0 Å². The number of hydrogen-bond donors (Lipinski definition) is 1. The molecule has 7 nitrogen and oxygen atoms in total. The average molecular weight is 342 g/mol. The molecule has 2 fully saturated rings. The van der Waals surface area contributed by atoms with Crippen LogP contribution in [-0.4, -0.2) is 73.4 Å². The van der Waals surface area contributed by atoms with Gasteiger partial charge in [-0.15, -0.1) is 0 Å². The highest BCUT2D eigenvalue weighted by molar-refractivity contribution is 7.86. The molecular formula is C12H20F2N2O5S. The van der Waals surface area contributed by atoms with Gasteiger partial charge in [0.1, 0.15) is 6.61 Å². The first-order chi connectivity index (χ1) is 10.2. The topological polar surface area (TPSA) is 87.1 Å². The Hall–Kier alpha value is -0.840. The van der Waals surface area contributed by atoms with Gasteiger partial charge in [0.05, 0.1) is 13.2 Å². The summed E-state index contributed by atoms with van der Waals surface area (Å²) in [4.78, 5) is 10.3. The van der Waals surface area contributed by atoms with Gasteiger partial charge in [0.2, 0.25) is 0 Å². The van der Waals surface area contributed by atoms with Crippen molar-refractivity contribution < 1.29 is 31.8 Å². The van der Waals surface area contributed by atoms with E-state index in [1.807, 2.05) is 0 Å². The van der Waals surface area contributed by atoms with Crippen molar-refractivity contribution in [2.75, 3.05) is 39.4 Å². The van der Waals surface area contributed by atoms with Crippen LogP contribution >= 0.6 is 0 Å². The van der Waals surface area contributed by atoms with E-state index in [4.69, 9.17) is 9.84 Å². The molecule has 128 valence electrons. The number of carboxylic acids is 1. The van der Waals surface area contributed by atoms with Crippen LogP contribution in [0.3, 0.4) is 0 Å². The normalized spacial score (nSPS) is 24.6. The number of alkyl halides is 2. The van der Waals surface area contributed by atoms with Crippen LogP contribution in [0.2, 0.25) is 0 Å². The van der Waals surface area contributed by atoms with Crippen molar-refractivity contribution in [1.82, 2.24) is 8.61 Å². The van der Waals surface area contributed by atoms with Gasteiger partial charge in [-0.2, -0.15) is 17.0 Å². The highest BCUT2D eigenvalue weighted by Gasteiger charge is 2.45. The molecule has 1 N–H and O–H groups in total. The lowest BCUT2D eigenvalue weighted by molar-refractivity contribution is -0.142. The van der Waals surface area contributed by atoms with Crippen molar-refractivity contribution in [3.05, 3.63) is 0 Å². The van der Waals surface area contributed by atoms with Crippen molar-refractivity contribution in [2.45, 2.75) is 25.2 Å². The second-order valence-electron chi connectivity index (χ2n) is 5.70. The van der Waals surface area contributed by atoms with Crippen LogP contribution in [0, 0.1) is 5.92 Å². The minimum absolute atomic E-state index is 0.0887. The summed E-state index contributed by atoms with van der Waals surface area (Å²) in [5, 5.41) is 8.48. The molecule has 0 bridgehead atoms. The number of ether oxygens (including phenoxy) is 1. The van der Waals surface area contributed by atoms with Gasteiger partial charge in [0, 0.05) is 26.1 Å². The van der Waals surface area contributed by atoms with Crippen molar-refractivity contribution >= 4 is 16.2 Å². The van der Waals surface area contributed by atoms with E-state index in [0.29, 0.717) is 12.8 Å². The summed E-state index contributed by atoms with van der Waals surface area (Å²) in [6.07, 6.45) is 0.623. The molecule has 2 aliphatic heterocycles. The third-order valence-electron chi connectivity index (χ3n) is 3.94. The Kier molecular flexibility index (Phi) is 5.36. The highest BCUT2D eigenvalue weighted by Crippen LogP contribution is 2.31. The largest absolute Gasteiger partial charge is 0.480 e. The fourth-order valence-electron chi connectivity index (χ4n) is 2.68. The Balaban J connectivity index is 1.82. The Morgan fingerprint density at radius 3 is 2.36 bits per heavy atom. The van der Waals surface area contributed by atoms with E-state index in [0.717, 1.165) is 4.31 Å². The van der Waals surface area contributed by atoms with Crippen LogP contribution in [0.4, 0.5) is 8.78 Å². The maximum Gasteiger partial charge on any atom is 0.329 e. The molecule has 10 heteroatoms. The van der Waals surface area contributed by atoms with Crippen molar-refractivity contribution in [3.63, 3.8) is 0 Å². The Bertz CT molecular complexity index is 506. The standard InChI is InChI=1S/C12H20F2N2O5S/c13-12(14)3-6-16(9-12)22(19,20)15-4-1-10(2-5-15)7-21-8-11(17)18/h10H,1-9H2,(H,17,18). The van der Waals surface area contributed by atoms with Crippen molar-refractivity contribution in [2.24, 2.45) is 5.92 Å². The lowest BCUT2D eigenvalue weighted by Crippen LogP contribution is -2.47. The number of nitrogens with zero attached hydrogens (tertiary/aromatic N) is 2. The molecule has 0 aliphatic carbocycles. The zero-order valence-corrected chi connectivity index (χ0v) is 12.9. The predicted octanol–water partition coefficient (Wildman–Crippen LogP) is 0.385. The molecule has 22 heavy (non-hydrogen) atoms. The second kappa shape index (κ2) is 6.73. The SMILES string of the molecule is O=C(O)COCC1CCN(S(=O)(=O)N2CCC(F)(F)C2)CC1. The van der Waals surface area contributed by atoms with Crippen LogP contribution in [0.15, 0.2) is 0 Å². The average Bonchev–Trinajstić information content (AvgIpc) is 2.80. The second-order valence-corrected chi connectivity index (χ2v) is 7.63. The number of carboxylic acid groups (broad SMARTS) is 1. The third-order valence-corrected chi connectivity index (χ3v) is 5.92. The molecule has 0 saturated carbocycles. The van der Waals surface area contributed by atoms with Gasteiger partial charge in [-0.05, 0) is 18.8 Å². The lowest BCUT2D eigenvalue weighted by atomic mass is 9.99. The Morgan fingerprint density at radius 1 is 1.23 bits per heavy atom. The molecule has 2 saturated heterocycles. The molecule has 0 aromatic heterocycles. The number of aliphatic carboxylic acids is 1. The van der Waals surface area contributed by atoms with Gasteiger partial charge < -0.3 is 9.84 Å². The van der Waals surface area contributed by atoms with Crippen LogP contribution in [0.25, 0.3) is 0 Å². The van der Waals surface area contributed by atoms with Crippen LogP contribution in [0.5, 0.6) is 0 Å². The molecule has 0 aromatic carbocycles. The molecule has 0 amide bonds. The summed E-state index contributed by atoms with van der Waals surface area (Å²) in [5.74, 6) is -3.91. The third kappa shape index (κ3) is 4.34. The fraction of sp³-hybridized carbons (Fsp3) is 0.917. The molecule has 0 unspecified atom stereocenters. The summed E-state index contributed by atoms with van der Waals surface area (Å²) in [7, 11) is -3.84. The van der Waals surface area contributed by atoms with Crippen LogP contribution < -0.4 is 0 Å². The fourth-order valence-corrected chi connectivity index (χ4v) is 4.36. The van der Waals surface area contributed by atoms with Gasteiger partial charge >= 0.3 is 5.97 Å². The van der Waals surface area contributed by atoms with E-state index in [1.165, 1.54) is 4.31 Å². The molecule has 2 rings (SSSR count). The summed E-state index contributed by atoms with van der Waals surface area (Å²) in [6, 6.07) is 0. The van der Waals surface area contributed by atoms with Crippen LogP contribution in [0.1, 0.15) is 19.3 Å². The molecule has 0 aromatic rings. The zero-order valence-electron chi connectivity index (χ0n) is 12.1. The van der Waals surface area contributed by atoms with Gasteiger partial charge in [0.25, 0.3) is 16.1 Å². The Morgan fingerprint density at radius 2 is 1.86 bits per heavy atom. The monoisotopic (exact) mass is 342 g/mol. The number of rotatable bonds is 6. The van der Waals surface area contributed by atoms with Gasteiger partial charge in [-0.1, -0.05) is 0 Å². The van der Waals surface area contributed by atoms with E-state index in [-0.39, 0.29) is 38.8 Å². The summed E-state index contributed by atoms with van der Waals surface area (Å²) < 4.78 is 58.0. The summed E-state index contributed by atoms with van der Waals surface area (Å²) >= 11 is 0. The molecule has 2 aliphatic rings. The minimum Gasteiger partial charge on any atom is -0.480 e. The lowest BCUT2D eigenvalue weighted by Gasteiger charge is -2.33. The van der Waals surface area contributed by atoms with Crippen LogP contribution in [-0.2, 0) is 19.7 Å². The molecule has 2 heterocycles. The zero-order chi connectivity index (χ0) is 16.4. The number of carbonyl (C=O) groups is 1. The van der Waals surface area contributed by atoms with E-state index >= 15 is 0 Å². The number of hydrogen-bond acceptors (Lipinski definition) is 4. The minimum atomic E-state index is -3.84. The maximum absolute atomic E-state index is 13.2. The highest BCUT2D eigenvalue weighted by atomic mass is 32.2. The first kappa shape index (κ1) is 17.5. The molecule has 0 spiro atoms. The van der Waals surface area contributed by atoms with E-state index in [1.54, 1.807) is 0 Å². The first-order valence-electron chi connectivity index (χ1n) is 7.13.